The van der Waals surface area contributed by atoms with Crippen molar-refractivity contribution in [2.24, 2.45) is 0 Å². The van der Waals surface area contributed by atoms with E-state index in [0.717, 1.165) is 0 Å². The number of hydrogen-bond acceptors (Lipinski definition) is 4. The van der Waals surface area contributed by atoms with Gasteiger partial charge in [-0.05, 0) is 13.0 Å². The highest BCUT2D eigenvalue weighted by Crippen LogP contribution is 2.01. The van der Waals surface area contributed by atoms with Crippen LogP contribution in [0.4, 0.5) is 0 Å². The van der Waals surface area contributed by atoms with Crippen molar-refractivity contribution >= 4 is 11.8 Å². The van der Waals surface area contributed by atoms with E-state index in [1.165, 1.54) is 7.11 Å². The molecule has 5 heteroatoms. The predicted octanol–water partition coefficient (Wildman–Crippen LogP) is 0.649. The summed E-state index contributed by atoms with van der Waals surface area (Å²) in [6.07, 6.45) is 1.45. The Labute approximate surface area is 81.7 Å². The lowest BCUT2D eigenvalue weighted by Crippen LogP contribution is -2.10. The third kappa shape index (κ3) is 2.42. The molecule has 1 heterocycles. The molecule has 0 N–H and O–H groups in total. The zero-order valence-corrected chi connectivity index (χ0v) is 8.19. The topological polar surface area (TPSA) is 61.2 Å². The van der Waals surface area contributed by atoms with Crippen molar-refractivity contribution in [2.75, 3.05) is 7.11 Å². The second-order valence-electron chi connectivity index (χ2n) is 2.73. The Morgan fingerprint density at radius 3 is 2.79 bits per heavy atom. The molecule has 0 amide bonds. The largest absolute Gasteiger partial charge is 0.469 e. The second kappa shape index (κ2) is 4.55. The molecule has 0 fully saturated rings. The van der Waals surface area contributed by atoms with Crippen LogP contribution in [0.5, 0.6) is 0 Å². The molecule has 0 spiro atoms. The first-order valence-electron chi connectivity index (χ1n) is 4.30. The standard InChI is InChI=1S/C9H12N2O3/c1-3-11-5-4-7(10-11)8(12)6-9(13)14-2/h4-5H,3,6H2,1-2H3. The van der Waals surface area contributed by atoms with Crippen LogP contribution in [0.25, 0.3) is 0 Å². The van der Waals surface area contributed by atoms with E-state index in [9.17, 15) is 9.59 Å². The van der Waals surface area contributed by atoms with Gasteiger partial charge >= 0.3 is 5.97 Å². The quantitative estimate of drug-likeness (QED) is 0.403. The SMILES string of the molecule is CCn1ccc(C(=O)CC(=O)OC)n1. The van der Waals surface area contributed by atoms with Gasteiger partial charge in [0.15, 0.2) is 5.78 Å². The van der Waals surface area contributed by atoms with Gasteiger partial charge in [-0.3, -0.25) is 14.3 Å². The molecule has 1 aromatic heterocycles. The Balaban J connectivity index is 2.65. The van der Waals surface area contributed by atoms with Crippen LogP contribution in [0.1, 0.15) is 23.8 Å². The van der Waals surface area contributed by atoms with Gasteiger partial charge in [0.05, 0.1) is 7.11 Å². The van der Waals surface area contributed by atoms with E-state index in [4.69, 9.17) is 0 Å². The molecular weight excluding hydrogens is 184 g/mol. The number of Topliss-reactive ketones (excluding diaryl/α,β-unsaturated/α-hetero) is 1. The number of ether oxygens (including phenoxy) is 1. The third-order valence-corrected chi connectivity index (χ3v) is 1.78. The Morgan fingerprint density at radius 2 is 2.29 bits per heavy atom. The predicted molar refractivity (Wildman–Crippen MR) is 48.9 cm³/mol. The molecule has 0 saturated carbocycles. The number of aryl methyl sites for hydroxylation is 1. The fraction of sp³-hybridized carbons (Fsp3) is 0.444. The molecule has 0 aliphatic carbocycles. The van der Waals surface area contributed by atoms with Crippen LogP contribution in [0.3, 0.4) is 0 Å². The maximum Gasteiger partial charge on any atom is 0.313 e. The van der Waals surface area contributed by atoms with Gasteiger partial charge in [-0.25, -0.2) is 0 Å². The van der Waals surface area contributed by atoms with E-state index in [0.29, 0.717) is 12.2 Å². The Morgan fingerprint density at radius 1 is 1.57 bits per heavy atom. The van der Waals surface area contributed by atoms with Gasteiger partial charge in [-0.1, -0.05) is 0 Å². The molecule has 0 saturated heterocycles. The van der Waals surface area contributed by atoms with E-state index in [-0.39, 0.29) is 12.2 Å². The number of rotatable bonds is 4. The number of esters is 1. The molecule has 0 aliphatic heterocycles. The lowest BCUT2D eigenvalue weighted by Gasteiger charge is -1.96. The highest BCUT2D eigenvalue weighted by molar-refractivity contribution is 6.04. The summed E-state index contributed by atoms with van der Waals surface area (Å²) in [5, 5.41) is 3.98. The van der Waals surface area contributed by atoms with Crippen LogP contribution in [0, 0.1) is 0 Å². The fourth-order valence-electron chi connectivity index (χ4n) is 0.980. The molecule has 1 aromatic rings. The van der Waals surface area contributed by atoms with Crippen molar-refractivity contribution in [1.82, 2.24) is 9.78 Å². The Bertz CT molecular complexity index is 344. The van der Waals surface area contributed by atoms with Crippen molar-refractivity contribution in [3.8, 4) is 0 Å². The maximum absolute atomic E-state index is 11.4. The van der Waals surface area contributed by atoms with E-state index in [1.54, 1.807) is 16.9 Å². The molecule has 0 unspecified atom stereocenters. The number of methoxy groups -OCH3 is 1. The molecule has 14 heavy (non-hydrogen) atoms. The molecular formula is C9H12N2O3. The van der Waals surface area contributed by atoms with Gasteiger partial charge in [0.1, 0.15) is 12.1 Å². The van der Waals surface area contributed by atoms with Crippen molar-refractivity contribution in [2.45, 2.75) is 19.9 Å². The maximum atomic E-state index is 11.4. The minimum Gasteiger partial charge on any atom is -0.469 e. The van der Waals surface area contributed by atoms with E-state index < -0.39 is 5.97 Å². The lowest BCUT2D eigenvalue weighted by atomic mass is 10.2. The molecule has 0 aromatic carbocycles. The molecule has 0 aliphatic rings. The zero-order chi connectivity index (χ0) is 10.6. The number of ketones is 1. The minimum atomic E-state index is -0.541. The number of aromatic nitrogens is 2. The van der Waals surface area contributed by atoms with Gasteiger partial charge in [0, 0.05) is 12.7 Å². The first-order chi connectivity index (χ1) is 6.67. The molecule has 1 rings (SSSR count). The van der Waals surface area contributed by atoms with Crippen molar-refractivity contribution < 1.29 is 14.3 Å². The normalized spacial score (nSPS) is 9.86. The van der Waals surface area contributed by atoms with Crippen LogP contribution in [-0.2, 0) is 16.1 Å². The molecule has 5 nitrogen and oxygen atoms in total. The van der Waals surface area contributed by atoms with Crippen LogP contribution in [0.2, 0.25) is 0 Å². The molecule has 0 bridgehead atoms. The summed E-state index contributed by atoms with van der Waals surface area (Å²) in [5.41, 5.74) is 0.303. The number of nitrogens with zero attached hydrogens (tertiary/aromatic N) is 2. The van der Waals surface area contributed by atoms with Crippen LogP contribution >= 0.6 is 0 Å². The summed E-state index contributed by atoms with van der Waals surface area (Å²) in [5.74, 6) is -0.856. The Hall–Kier alpha value is -1.65. The van der Waals surface area contributed by atoms with Crippen LogP contribution in [0.15, 0.2) is 12.3 Å². The van der Waals surface area contributed by atoms with Crippen molar-refractivity contribution in [3.63, 3.8) is 0 Å². The first kappa shape index (κ1) is 10.4. The van der Waals surface area contributed by atoms with Crippen LogP contribution < -0.4 is 0 Å². The summed E-state index contributed by atoms with van der Waals surface area (Å²) in [6.45, 7) is 2.62. The average Bonchev–Trinajstić information content (AvgIpc) is 2.65. The Kier molecular flexibility index (Phi) is 3.39. The minimum absolute atomic E-state index is 0.253. The van der Waals surface area contributed by atoms with Crippen LogP contribution in [-0.4, -0.2) is 28.6 Å². The first-order valence-corrected chi connectivity index (χ1v) is 4.30. The average molecular weight is 196 g/mol. The summed E-state index contributed by atoms with van der Waals surface area (Å²) in [4.78, 5) is 22.2. The fourth-order valence-corrected chi connectivity index (χ4v) is 0.980. The molecule has 0 atom stereocenters. The highest BCUT2D eigenvalue weighted by Gasteiger charge is 2.14. The van der Waals surface area contributed by atoms with Crippen molar-refractivity contribution in [1.29, 1.82) is 0 Å². The molecule has 0 radical (unpaired) electrons. The van der Waals surface area contributed by atoms with E-state index in [2.05, 4.69) is 9.84 Å². The highest BCUT2D eigenvalue weighted by atomic mass is 16.5. The monoisotopic (exact) mass is 196 g/mol. The van der Waals surface area contributed by atoms with E-state index in [1.807, 2.05) is 6.92 Å². The summed E-state index contributed by atoms with van der Waals surface area (Å²) < 4.78 is 6.01. The summed E-state index contributed by atoms with van der Waals surface area (Å²) in [6, 6.07) is 1.59. The second-order valence-corrected chi connectivity index (χ2v) is 2.73. The summed E-state index contributed by atoms with van der Waals surface area (Å²) in [7, 11) is 1.25. The number of hydrogen-bond donors (Lipinski definition) is 0. The third-order valence-electron chi connectivity index (χ3n) is 1.78. The van der Waals surface area contributed by atoms with Gasteiger partial charge < -0.3 is 4.74 Å². The van der Waals surface area contributed by atoms with Gasteiger partial charge in [-0.15, -0.1) is 0 Å². The van der Waals surface area contributed by atoms with E-state index >= 15 is 0 Å². The van der Waals surface area contributed by atoms with Gasteiger partial charge in [0.25, 0.3) is 0 Å². The van der Waals surface area contributed by atoms with Crippen molar-refractivity contribution in [3.05, 3.63) is 18.0 Å². The van der Waals surface area contributed by atoms with Gasteiger partial charge in [-0.2, -0.15) is 5.10 Å². The summed E-state index contributed by atoms with van der Waals surface area (Å²) >= 11 is 0. The molecule has 76 valence electrons. The smallest absolute Gasteiger partial charge is 0.313 e. The number of carbonyl (C=O) groups is 2. The number of carbonyl (C=O) groups excluding carboxylic acids is 2. The zero-order valence-electron chi connectivity index (χ0n) is 8.19. The lowest BCUT2D eigenvalue weighted by molar-refractivity contribution is -0.139. The van der Waals surface area contributed by atoms with Gasteiger partial charge in [0.2, 0.25) is 0 Å².